The SMILES string of the molecule is CC(C)c1cc(Nc2nc(N3CCCC(NC(=O)O)C3)ncc2C(N)=O)cc2c1NC(=O)C2(C)C. The second-order valence-corrected chi connectivity index (χ2v) is 9.88. The van der Waals surface area contributed by atoms with Crippen LogP contribution < -0.4 is 26.6 Å². The summed E-state index contributed by atoms with van der Waals surface area (Å²) >= 11 is 0. The van der Waals surface area contributed by atoms with Crippen molar-refractivity contribution in [2.75, 3.05) is 28.6 Å². The molecular formula is C24H31N7O4. The zero-order valence-corrected chi connectivity index (χ0v) is 20.3. The number of hydrogen-bond acceptors (Lipinski definition) is 7. The molecule has 3 heterocycles. The number of carbonyl (C=O) groups excluding carboxylic acids is 2. The highest BCUT2D eigenvalue weighted by atomic mass is 16.4. The first kappa shape index (κ1) is 24.2. The first-order chi connectivity index (χ1) is 16.5. The number of amides is 3. The summed E-state index contributed by atoms with van der Waals surface area (Å²) in [5, 5.41) is 17.8. The molecule has 1 atom stereocenters. The van der Waals surface area contributed by atoms with Crippen molar-refractivity contribution in [2.45, 2.75) is 57.9 Å². The molecule has 35 heavy (non-hydrogen) atoms. The molecule has 0 saturated carbocycles. The third kappa shape index (κ3) is 4.71. The Morgan fingerprint density at radius 2 is 2.06 bits per heavy atom. The average Bonchev–Trinajstić information content (AvgIpc) is 3.01. The van der Waals surface area contributed by atoms with E-state index in [0.717, 1.165) is 29.7 Å². The van der Waals surface area contributed by atoms with E-state index in [0.29, 0.717) is 24.7 Å². The van der Waals surface area contributed by atoms with Crippen molar-refractivity contribution in [3.05, 3.63) is 35.0 Å². The van der Waals surface area contributed by atoms with Crippen molar-refractivity contribution in [1.82, 2.24) is 15.3 Å². The molecule has 0 bridgehead atoms. The number of hydrogen-bond donors (Lipinski definition) is 5. The van der Waals surface area contributed by atoms with Gasteiger partial charge in [0.15, 0.2) is 0 Å². The lowest BCUT2D eigenvalue weighted by molar-refractivity contribution is -0.119. The van der Waals surface area contributed by atoms with Gasteiger partial charge >= 0.3 is 6.09 Å². The Morgan fingerprint density at radius 1 is 1.31 bits per heavy atom. The first-order valence-electron chi connectivity index (χ1n) is 11.7. The summed E-state index contributed by atoms with van der Waals surface area (Å²) in [7, 11) is 0. The minimum absolute atomic E-state index is 0.0664. The number of nitrogens with two attached hydrogens (primary N) is 1. The Morgan fingerprint density at radius 3 is 2.71 bits per heavy atom. The number of nitrogens with zero attached hydrogens (tertiary/aromatic N) is 3. The van der Waals surface area contributed by atoms with E-state index >= 15 is 0 Å². The van der Waals surface area contributed by atoms with E-state index in [1.165, 1.54) is 6.20 Å². The van der Waals surface area contributed by atoms with Gasteiger partial charge in [-0.05, 0) is 55.9 Å². The fourth-order valence-electron chi connectivity index (χ4n) is 4.61. The van der Waals surface area contributed by atoms with Gasteiger partial charge < -0.3 is 31.7 Å². The summed E-state index contributed by atoms with van der Waals surface area (Å²) in [6.45, 7) is 8.92. The van der Waals surface area contributed by atoms with E-state index in [-0.39, 0.29) is 29.2 Å². The van der Waals surface area contributed by atoms with Gasteiger partial charge in [0.05, 0.1) is 5.41 Å². The largest absolute Gasteiger partial charge is 0.465 e. The number of anilines is 4. The fourth-order valence-corrected chi connectivity index (χ4v) is 4.61. The standard InChI is InChI=1S/C24H31N7O4/c1-12(2)15-8-14(9-17-18(15)29-21(33)24(17,3)4)27-20-16(19(25)32)10-26-22(30-20)31-7-5-6-13(11-31)28-23(34)35/h8-10,12-13,28H,5-7,11H2,1-4H3,(H2,25,32)(H,29,33)(H,34,35)(H,26,27,30). The summed E-state index contributed by atoms with van der Waals surface area (Å²) in [5.41, 5.74) is 8.36. The maximum absolute atomic E-state index is 12.6. The number of piperidine rings is 1. The van der Waals surface area contributed by atoms with Crippen molar-refractivity contribution in [1.29, 1.82) is 0 Å². The zero-order chi connectivity index (χ0) is 25.5. The van der Waals surface area contributed by atoms with Gasteiger partial charge in [0, 0.05) is 36.7 Å². The molecular weight excluding hydrogens is 450 g/mol. The van der Waals surface area contributed by atoms with Crippen LogP contribution in [0.1, 0.15) is 67.9 Å². The van der Waals surface area contributed by atoms with Gasteiger partial charge in [-0.3, -0.25) is 9.59 Å². The Balaban J connectivity index is 1.71. The quantitative estimate of drug-likeness (QED) is 0.420. The van der Waals surface area contributed by atoms with Gasteiger partial charge in [0.1, 0.15) is 11.4 Å². The number of primary amides is 1. The lowest BCUT2D eigenvalue weighted by Crippen LogP contribution is -2.48. The van der Waals surface area contributed by atoms with E-state index in [1.807, 2.05) is 44.7 Å². The molecule has 1 aromatic heterocycles. The highest BCUT2D eigenvalue weighted by Crippen LogP contribution is 2.44. The van der Waals surface area contributed by atoms with Crippen LogP contribution in [0.15, 0.2) is 18.3 Å². The van der Waals surface area contributed by atoms with Crippen LogP contribution in [0.5, 0.6) is 0 Å². The van der Waals surface area contributed by atoms with Crippen LogP contribution in [-0.4, -0.2) is 52.1 Å². The van der Waals surface area contributed by atoms with Crippen molar-refractivity contribution in [3.63, 3.8) is 0 Å². The molecule has 2 aromatic rings. The van der Waals surface area contributed by atoms with Gasteiger partial charge in [-0.2, -0.15) is 4.98 Å². The van der Waals surface area contributed by atoms with Crippen molar-refractivity contribution in [2.24, 2.45) is 5.73 Å². The van der Waals surface area contributed by atoms with Crippen LogP contribution in [0.2, 0.25) is 0 Å². The molecule has 0 aliphatic carbocycles. The highest BCUT2D eigenvalue weighted by Gasteiger charge is 2.40. The molecule has 2 aliphatic rings. The predicted octanol–water partition coefficient (Wildman–Crippen LogP) is 2.91. The van der Waals surface area contributed by atoms with E-state index in [9.17, 15) is 14.4 Å². The van der Waals surface area contributed by atoms with Gasteiger partial charge in [0.2, 0.25) is 11.9 Å². The number of carboxylic acid groups (broad SMARTS) is 1. The second kappa shape index (κ2) is 9.05. The summed E-state index contributed by atoms with van der Waals surface area (Å²) in [6, 6.07) is 3.58. The number of rotatable bonds is 6. The molecule has 3 amide bonds. The van der Waals surface area contributed by atoms with Crippen molar-refractivity contribution < 1.29 is 19.5 Å². The van der Waals surface area contributed by atoms with Gasteiger partial charge in [0.25, 0.3) is 5.91 Å². The highest BCUT2D eigenvalue weighted by molar-refractivity contribution is 6.07. The topological polar surface area (TPSA) is 163 Å². The first-order valence-corrected chi connectivity index (χ1v) is 11.7. The van der Waals surface area contributed by atoms with E-state index in [2.05, 4.69) is 25.9 Å². The Bertz CT molecular complexity index is 1190. The average molecular weight is 482 g/mol. The third-order valence-corrected chi connectivity index (χ3v) is 6.61. The lowest BCUT2D eigenvalue weighted by Gasteiger charge is -2.32. The van der Waals surface area contributed by atoms with E-state index in [1.54, 1.807) is 0 Å². The molecule has 1 saturated heterocycles. The van der Waals surface area contributed by atoms with Crippen LogP contribution in [-0.2, 0) is 10.2 Å². The predicted molar refractivity (Wildman–Crippen MR) is 132 cm³/mol. The molecule has 4 rings (SSSR count). The third-order valence-electron chi connectivity index (χ3n) is 6.61. The molecule has 1 unspecified atom stereocenters. The molecule has 186 valence electrons. The second-order valence-electron chi connectivity index (χ2n) is 9.88. The molecule has 11 heteroatoms. The fraction of sp³-hybridized carbons (Fsp3) is 0.458. The van der Waals surface area contributed by atoms with Gasteiger partial charge in [-0.15, -0.1) is 0 Å². The molecule has 0 radical (unpaired) electrons. The number of fused-ring (bicyclic) bond motifs is 1. The maximum Gasteiger partial charge on any atom is 0.404 e. The Hall–Kier alpha value is -3.89. The lowest BCUT2D eigenvalue weighted by atomic mass is 9.84. The monoisotopic (exact) mass is 481 g/mol. The van der Waals surface area contributed by atoms with Gasteiger partial charge in [-0.1, -0.05) is 13.8 Å². The summed E-state index contributed by atoms with van der Waals surface area (Å²) in [5.74, 6) is 0.0227. The molecule has 6 N–H and O–H groups in total. The summed E-state index contributed by atoms with van der Waals surface area (Å²) < 4.78 is 0. The number of aromatic nitrogens is 2. The maximum atomic E-state index is 12.6. The molecule has 1 fully saturated rings. The normalized spacial score (nSPS) is 18.7. The van der Waals surface area contributed by atoms with Crippen molar-refractivity contribution in [3.8, 4) is 0 Å². The van der Waals surface area contributed by atoms with Crippen LogP contribution in [0.3, 0.4) is 0 Å². The van der Waals surface area contributed by atoms with Crippen LogP contribution in [0, 0.1) is 0 Å². The van der Waals surface area contributed by atoms with Crippen LogP contribution in [0.4, 0.5) is 27.9 Å². The number of benzene rings is 1. The Kier molecular flexibility index (Phi) is 6.27. The number of nitrogens with one attached hydrogen (secondary N) is 3. The van der Waals surface area contributed by atoms with E-state index < -0.39 is 17.4 Å². The zero-order valence-electron chi connectivity index (χ0n) is 20.3. The van der Waals surface area contributed by atoms with Crippen LogP contribution in [0.25, 0.3) is 0 Å². The summed E-state index contributed by atoms with van der Waals surface area (Å²) in [4.78, 5) is 46.6. The molecule has 1 aromatic carbocycles. The summed E-state index contributed by atoms with van der Waals surface area (Å²) in [6.07, 6.45) is 1.81. The van der Waals surface area contributed by atoms with Crippen LogP contribution >= 0.6 is 0 Å². The minimum Gasteiger partial charge on any atom is -0.465 e. The minimum atomic E-state index is -1.07. The number of carbonyl (C=O) groups is 3. The van der Waals surface area contributed by atoms with E-state index in [4.69, 9.17) is 10.8 Å². The molecule has 11 nitrogen and oxygen atoms in total. The molecule has 0 spiro atoms. The Labute approximate surface area is 203 Å². The smallest absolute Gasteiger partial charge is 0.404 e. The molecule has 2 aliphatic heterocycles. The van der Waals surface area contributed by atoms with Crippen molar-refractivity contribution >= 4 is 41.0 Å². The van der Waals surface area contributed by atoms with Gasteiger partial charge in [-0.25, -0.2) is 9.78 Å².